The fourth-order valence-corrected chi connectivity index (χ4v) is 4.44. The topological polar surface area (TPSA) is 76.6 Å². The third kappa shape index (κ3) is 3.77. The second-order valence-electron chi connectivity index (χ2n) is 7.72. The minimum atomic E-state index is -0.548. The van der Waals surface area contributed by atoms with Crippen molar-refractivity contribution in [3.8, 4) is 0 Å². The lowest BCUT2D eigenvalue weighted by atomic mass is 9.99. The lowest BCUT2D eigenvalue weighted by Gasteiger charge is -2.41. The first-order valence-electron chi connectivity index (χ1n) is 9.97. The third-order valence-corrected chi connectivity index (χ3v) is 5.91. The van der Waals surface area contributed by atoms with Crippen LogP contribution in [-0.4, -0.2) is 64.1 Å². The molecule has 2 aromatic rings. The van der Waals surface area contributed by atoms with Crippen molar-refractivity contribution in [1.82, 2.24) is 14.8 Å². The second kappa shape index (κ2) is 7.82. The van der Waals surface area contributed by atoms with Gasteiger partial charge >= 0.3 is 0 Å². The van der Waals surface area contributed by atoms with Gasteiger partial charge in [0.05, 0.1) is 6.10 Å². The van der Waals surface area contributed by atoms with Crippen LogP contribution >= 0.6 is 0 Å². The smallest absolute Gasteiger partial charge is 0.270 e. The number of aliphatic hydroxyl groups is 1. The average molecular weight is 369 g/mol. The lowest BCUT2D eigenvalue weighted by molar-refractivity contribution is -0.00822. The summed E-state index contributed by atoms with van der Waals surface area (Å²) in [6.45, 7) is 2.99. The number of hydrogen-bond acceptors (Lipinski definition) is 4. The van der Waals surface area contributed by atoms with E-state index in [4.69, 9.17) is 0 Å². The Balaban J connectivity index is 1.48. The number of aliphatic hydroxyl groups excluding tert-OH is 1. The van der Waals surface area contributed by atoms with Crippen molar-refractivity contribution in [1.29, 1.82) is 0 Å². The number of benzene rings is 1. The minimum absolute atomic E-state index is 0.128. The van der Waals surface area contributed by atoms with Gasteiger partial charge in [0.25, 0.3) is 5.91 Å². The summed E-state index contributed by atoms with van der Waals surface area (Å²) in [5.74, 6) is -0.216. The number of fused-ring (bicyclic) bond motifs is 1. The Hall–Kier alpha value is -2.18. The molecule has 2 atom stereocenters. The molecule has 27 heavy (non-hydrogen) atoms. The van der Waals surface area contributed by atoms with Crippen molar-refractivity contribution in [2.24, 2.45) is 0 Å². The van der Waals surface area contributed by atoms with Crippen LogP contribution in [0.15, 0.2) is 35.1 Å². The van der Waals surface area contributed by atoms with Gasteiger partial charge in [-0.05, 0) is 44.5 Å². The summed E-state index contributed by atoms with van der Waals surface area (Å²) in [5.41, 5.74) is 0.792. The van der Waals surface area contributed by atoms with E-state index in [9.17, 15) is 14.7 Å². The number of nitrogens with zero attached hydrogens (tertiary/aromatic N) is 2. The zero-order valence-corrected chi connectivity index (χ0v) is 15.6. The molecule has 144 valence electrons. The van der Waals surface area contributed by atoms with E-state index in [1.165, 1.54) is 31.7 Å². The highest BCUT2D eigenvalue weighted by atomic mass is 16.3. The van der Waals surface area contributed by atoms with Crippen LogP contribution in [0.3, 0.4) is 0 Å². The molecule has 0 unspecified atom stereocenters. The van der Waals surface area contributed by atoms with Crippen LogP contribution < -0.4 is 5.43 Å². The Morgan fingerprint density at radius 2 is 1.81 bits per heavy atom. The van der Waals surface area contributed by atoms with Crippen molar-refractivity contribution < 1.29 is 9.90 Å². The maximum atomic E-state index is 12.9. The van der Waals surface area contributed by atoms with E-state index in [-0.39, 0.29) is 17.4 Å². The number of hydrogen-bond donors (Lipinski definition) is 2. The highest BCUT2D eigenvalue weighted by Gasteiger charge is 2.34. The molecule has 3 heterocycles. The quantitative estimate of drug-likeness (QED) is 0.849. The van der Waals surface area contributed by atoms with Gasteiger partial charge in [-0.15, -0.1) is 0 Å². The van der Waals surface area contributed by atoms with Crippen LogP contribution in [0.1, 0.15) is 42.6 Å². The van der Waals surface area contributed by atoms with Gasteiger partial charge in [0.1, 0.15) is 5.69 Å². The van der Waals surface area contributed by atoms with Gasteiger partial charge < -0.3 is 15.0 Å². The monoisotopic (exact) mass is 369 g/mol. The molecule has 2 aliphatic heterocycles. The van der Waals surface area contributed by atoms with E-state index in [0.717, 1.165) is 19.5 Å². The predicted molar refractivity (Wildman–Crippen MR) is 105 cm³/mol. The van der Waals surface area contributed by atoms with E-state index in [2.05, 4.69) is 9.88 Å². The first-order chi connectivity index (χ1) is 13.1. The summed E-state index contributed by atoms with van der Waals surface area (Å²) in [6.07, 6.45) is 5.12. The van der Waals surface area contributed by atoms with Gasteiger partial charge in [0.15, 0.2) is 5.43 Å². The minimum Gasteiger partial charge on any atom is -0.390 e. The summed E-state index contributed by atoms with van der Waals surface area (Å²) < 4.78 is 0. The van der Waals surface area contributed by atoms with Crippen LogP contribution in [0.5, 0.6) is 0 Å². The molecule has 0 aliphatic carbocycles. The zero-order chi connectivity index (χ0) is 18.8. The van der Waals surface area contributed by atoms with Gasteiger partial charge in [-0.3, -0.25) is 14.5 Å². The van der Waals surface area contributed by atoms with Crippen molar-refractivity contribution in [3.05, 3.63) is 46.2 Å². The molecule has 2 N–H and O–H groups in total. The van der Waals surface area contributed by atoms with Gasteiger partial charge in [0.2, 0.25) is 0 Å². The molecular weight excluding hydrogens is 342 g/mol. The molecular formula is C21H27N3O3. The number of nitrogens with one attached hydrogen (secondary N) is 1. The summed E-state index contributed by atoms with van der Waals surface area (Å²) in [5, 5.41) is 11.3. The highest BCUT2D eigenvalue weighted by Crippen LogP contribution is 2.22. The summed E-state index contributed by atoms with van der Waals surface area (Å²) in [6, 6.07) is 8.69. The number of rotatable bonds is 2. The Kier molecular flexibility index (Phi) is 5.27. The molecule has 0 saturated carbocycles. The Morgan fingerprint density at radius 3 is 2.56 bits per heavy atom. The van der Waals surface area contributed by atoms with Gasteiger partial charge in [-0.25, -0.2) is 0 Å². The van der Waals surface area contributed by atoms with Crippen LogP contribution in [0, 0.1) is 0 Å². The first kappa shape index (κ1) is 18.2. The molecule has 1 amide bonds. The number of aromatic nitrogens is 1. The maximum absolute atomic E-state index is 12.9. The van der Waals surface area contributed by atoms with Gasteiger partial charge in [-0.2, -0.15) is 0 Å². The molecule has 1 aromatic carbocycles. The number of β-amino-alcohol motifs (C(OH)–C–C–N with tert-alkyl or cyclic N) is 1. The Morgan fingerprint density at radius 1 is 1.07 bits per heavy atom. The standard InChI is InChI=1S/C21H27N3O3/c25-19-13-17(22-16-8-4-3-7-15(16)19)21(27)24-12-9-18(20(26)14-24)23-10-5-1-2-6-11-23/h3-4,7-8,13,18,20,26H,1-2,5-6,9-12,14H2,(H,22,25)/t18-,20-/m1/s1. The van der Waals surface area contributed by atoms with Crippen molar-refractivity contribution in [2.45, 2.75) is 44.2 Å². The molecule has 4 rings (SSSR count). The number of pyridine rings is 1. The molecule has 2 fully saturated rings. The van der Waals surface area contributed by atoms with Crippen LogP contribution in [-0.2, 0) is 0 Å². The average Bonchev–Trinajstić information content (AvgIpc) is 2.96. The van der Waals surface area contributed by atoms with E-state index in [1.807, 2.05) is 12.1 Å². The fourth-order valence-electron chi connectivity index (χ4n) is 4.44. The van der Waals surface area contributed by atoms with Crippen LogP contribution in [0.2, 0.25) is 0 Å². The molecule has 0 spiro atoms. The van der Waals surface area contributed by atoms with Crippen molar-refractivity contribution in [2.75, 3.05) is 26.2 Å². The fraction of sp³-hybridized carbons (Fsp3) is 0.524. The van der Waals surface area contributed by atoms with E-state index >= 15 is 0 Å². The zero-order valence-electron chi connectivity index (χ0n) is 15.6. The molecule has 0 radical (unpaired) electrons. The third-order valence-electron chi connectivity index (χ3n) is 5.91. The molecule has 0 bridgehead atoms. The largest absolute Gasteiger partial charge is 0.390 e. The molecule has 2 saturated heterocycles. The Labute approximate surface area is 158 Å². The van der Waals surface area contributed by atoms with Crippen LogP contribution in [0.4, 0.5) is 0 Å². The predicted octanol–water partition coefficient (Wildman–Crippen LogP) is 1.98. The number of aromatic amines is 1. The molecule has 2 aliphatic rings. The molecule has 1 aromatic heterocycles. The number of likely N-dealkylation sites (tertiary alicyclic amines) is 2. The normalized spacial score (nSPS) is 24.7. The Bertz CT molecular complexity index is 870. The molecule has 6 nitrogen and oxygen atoms in total. The highest BCUT2D eigenvalue weighted by molar-refractivity contribution is 5.95. The van der Waals surface area contributed by atoms with E-state index < -0.39 is 6.10 Å². The number of H-pyrrole nitrogens is 1. The number of carbonyl (C=O) groups excluding carboxylic acids is 1. The number of carbonyl (C=O) groups is 1. The van der Waals surface area contributed by atoms with Gasteiger partial charge in [0, 0.05) is 36.1 Å². The number of para-hydroxylation sites is 1. The number of piperidine rings is 1. The summed E-state index contributed by atoms with van der Waals surface area (Å²) in [7, 11) is 0. The molecule has 6 heteroatoms. The first-order valence-corrected chi connectivity index (χ1v) is 9.97. The second-order valence-corrected chi connectivity index (χ2v) is 7.72. The van der Waals surface area contributed by atoms with Crippen LogP contribution in [0.25, 0.3) is 10.9 Å². The van der Waals surface area contributed by atoms with Crippen molar-refractivity contribution >= 4 is 16.8 Å². The number of amides is 1. The lowest BCUT2D eigenvalue weighted by Crippen LogP contribution is -2.55. The SMILES string of the molecule is O=C(c1cc(=O)c2ccccc2[nH]1)N1CC[C@@H](N2CCCCCC2)[C@H](O)C1. The summed E-state index contributed by atoms with van der Waals surface area (Å²) in [4.78, 5) is 32.4. The van der Waals surface area contributed by atoms with Crippen molar-refractivity contribution in [3.63, 3.8) is 0 Å². The summed E-state index contributed by atoms with van der Waals surface area (Å²) >= 11 is 0. The maximum Gasteiger partial charge on any atom is 0.270 e. The van der Waals surface area contributed by atoms with E-state index in [0.29, 0.717) is 29.7 Å². The van der Waals surface area contributed by atoms with Gasteiger partial charge in [-0.1, -0.05) is 25.0 Å². The van der Waals surface area contributed by atoms with E-state index in [1.54, 1.807) is 17.0 Å².